The molecule has 0 aliphatic rings. The van der Waals surface area contributed by atoms with Gasteiger partial charge < -0.3 is 15.0 Å². The van der Waals surface area contributed by atoms with Crippen molar-refractivity contribution < 1.29 is 14.3 Å². The summed E-state index contributed by atoms with van der Waals surface area (Å²) in [5.41, 5.74) is 3.25. The topological polar surface area (TPSA) is 58.6 Å². The Balaban J connectivity index is 2.12. The molecule has 1 N–H and O–H groups in total. The lowest BCUT2D eigenvalue weighted by Gasteiger charge is -2.29. The highest BCUT2D eigenvalue weighted by Gasteiger charge is 2.25. The third-order valence-electron chi connectivity index (χ3n) is 5.23. The molecule has 0 spiro atoms. The van der Waals surface area contributed by atoms with Crippen molar-refractivity contribution in [2.45, 2.75) is 59.0 Å². The lowest BCUT2D eigenvalue weighted by atomic mass is 10.1. The van der Waals surface area contributed by atoms with Crippen LogP contribution in [0.2, 0.25) is 0 Å². The van der Waals surface area contributed by atoms with Crippen LogP contribution in [0.4, 0.5) is 0 Å². The zero-order valence-electron chi connectivity index (χ0n) is 18.6. The number of carbonyl (C=O) groups is 2. The highest BCUT2D eigenvalue weighted by molar-refractivity contribution is 5.87. The van der Waals surface area contributed by atoms with Gasteiger partial charge in [-0.15, -0.1) is 0 Å². The van der Waals surface area contributed by atoms with Gasteiger partial charge >= 0.3 is 0 Å². The number of unbranched alkanes of at least 4 members (excludes halogenated alkanes) is 1. The second-order valence-electron chi connectivity index (χ2n) is 7.68. The summed E-state index contributed by atoms with van der Waals surface area (Å²) in [7, 11) is 1.62. The van der Waals surface area contributed by atoms with Crippen molar-refractivity contribution in [2.75, 3.05) is 13.7 Å². The standard InChI is InChI=1S/C25H34N2O3/c1-5-6-16-26-25(29)20(3)27(18-22-8-7-9-23(17-22)30-4)24(28)15-14-21-12-10-19(2)11-13-21/h7-13,17,20H,5-6,14-16,18H2,1-4H3,(H,26,29)/t20-/m1/s1. The number of rotatable bonds is 11. The Kier molecular flexibility index (Phi) is 9.39. The van der Waals surface area contributed by atoms with E-state index in [1.54, 1.807) is 18.9 Å². The lowest BCUT2D eigenvalue weighted by Crippen LogP contribution is -2.47. The molecular weight excluding hydrogens is 376 g/mol. The van der Waals surface area contributed by atoms with Gasteiger partial charge in [-0.3, -0.25) is 9.59 Å². The molecule has 0 fully saturated rings. The van der Waals surface area contributed by atoms with Gasteiger partial charge in [0.25, 0.3) is 0 Å². The minimum absolute atomic E-state index is 0.0310. The smallest absolute Gasteiger partial charge is 0.242 e. The van der Waals surface area contributed by atoms with Crippen molar-refractivity contribution in [1.29, 1.82) is 0 Å². The Morgan fingerprint density at radius 2 is 1.83 bits per heavy atom. The van der Waals surface area contributed by atoms with E-state index in [4.69, 9.17) is 4.74 Å². The minimum atomic E-state index is -0.543. The predicted octanol–water partition coefficient (Wildman–Crippen LogP) is 4.27. The first kappa shape index (κ1) is 23.5. The van der Waals surface area contributed by atoms with E-state index >= 15 is 0 Å². The summed E-state index contributed by atoms with van der Waals surface area (Å²) in [5.74, 6) is 0.589. The predicted molar refractivity (Wildman–Crippen MR) is 120 cm³/mol. The summed E-state index contributed by atoms with van der Waals surface area (Å²) in [6, 6.07) is 15.3. The van der Waals surface area contributed by atoms with Crippen molar-refractivity contribution in [3.05, 3.63) is 65.2 Å². The Morgan fingerprint density at radius 3 is 2.50 bits per heavy atom. The van der Waals surface area contributed by atoms with Gasteiger partial charge in [0.15, 0.2) is 0 Å². The first-order valence-electron chi connectivity index (χ1n) is 10.7. The van der Waals surface area contributed by atoms with Crippen LogP contribution in [-0.4, -0.2) is 36.4 Å². The molecule has 0 radical (unpaired) electrons. The van der Waals surface area contributed by atoms with Crippen molar-refractivity contribution >= 4 is 11.8 Å². The molecule has 2 rings (SSSR count). The minimum Gasteiger partial charge on any atom is -0.497 e. The molecule has 5 nitrogen and oxygen atoms in total. The van der Waals surface area contributed by atoms with Crippen LogP contribution in [0, 0.1) is 6.92 Å². The van der Waals surface area contributed by atoms with Crippen LogP contribution in [0.15, 0.2) is 48.5 Å². The quantitative estimate of drug-likeness (QED) is 0.563. The van der Waals surface area contributed by atoms with E-state index in [1.807, 2.05) is 31.2 Å². The third kappa shape index (κ3) is 7.21. The fraction of sp³-hybridized carbons (Fsp3) is 0.440. The largest absolute Gasteiger partial charge is 0.497 e. The number of ether oxygens (including phenoxy) is 1. The average Bonchev–Trinajstić information content (AvgIpc) is 2.76. The van der Waals surface area contributed by atoms with Gasteiger partial charge in [-0.1, -0.05) is 55.3 Å². The second-order valence-corrected chi connectivity index (χ2v) is 7.68. The number of methoxy groups -OCH3 is 1. The zero-order valence-corrected chi connectivity index (χ0v) is 18.6. The molecule has 0 aromatic heterocycles. The first-order valence-corrected chi connectivity index (χ1v) is 10.7. The average molecular weight is 411 g/mol. The molecule has 2 amide bonds. The van der Waals surface area contributed by atoms with Crippen LogP contribution < -0.4 is 10.1 Å². The number of benzene rings is 2. The summed E-state index contributed by atoms with van der Waals surface area (Å²) in [6.07, 6.45) is 2.95. The maximum absolute atomic E-state index is 13.1. The molecule has 2 aromatic carbocycles. The molecule has 0 unspecified atom stereocenters. The monoisotopic (exact) mass is 410 g/mol. The van der Waals surface area contributed by atoms with E-state index in [2.05, 4.69) is 36.5 Å². The van der Waals surface area contributed by atoms with Crippen molar-refractivity contribution in [2.24, 2.45) is 0 Å². The highest BCUT2D eigenvalue weighted by atomic mass is 16.5. The normalized spacial score (nSPS) is 11.6. The molecule has 0 aliphatic heterocycles. The van der Waals surface area contributed by atoms with Gasteiger partial charge in [0, 0.05) is 19.5 Å². The second kappa shape index (κ2) is 12.0. The van der Waals surface area contributed by atoms with Crippen LogP contribution in [0.25, 0.3) is 0 Å². The number of aryl methyl sites for hydroxylation is 2. The van der Waals surface area contributed by atoms with Crippen molar-refractivity contribution in [1.82, 2.24) is 10.2 Å². The molecule has 162 valence electrons. The van der Waals surface area contributed by atoms with Crippen LogP contribution in [0.1, 0.15) is 49.8 Å². The van der Waals surface area contributed by atoms with Crippen LogP contribution in [0.3, 0.4) is 0 Å². The molecule has 0 bridgehead atoms. The van der Waals surface area contributed by atoms with Crippen LogP contribution in [-0.2, 0) is 22.6 Å². The molecule has 2 aromatic rings. The van der Waals surface area contributed by atoms with Crippen molar-refractivity contribution in [3.63, 3.8) is 0 Å². The maximum Gasteiger partial charge on any atom is 0.242 e. The number of nitrogens with zero attached hydrogens (tertiary/aromatic N) is 1. The van der Waals surface area contributed by atoms with Crippen LogP contribution >= 0.6 is 0 Å². The number of nitrogens with one attached hydrogen (secondary N) is 1. The summed E-state index contributed by atoms with van der Waals surface area (Å²) in [5, 5.41) is 2.95. The fourth-order valence-electron chi connectivity index (χ4n) is 3.24. The summed E-state index contributed by atoms with van der Waals surface area (Å²) in [6.45, 7) is 6.92. The number of hydrogen-bond donors (Lipinski definition) is 1. The molecule has 1 atom stereocenters. The van der Waals surface area contributed by atoms with Gasteiger partial charge in [-0.05, 0) is 49.9 Å². The number of amides is 2. The van der Waals surface area contributed by atoms with E-state index in [9.17, 15) is 9.59 Å². The first-order chi connectivity index (χ1) is 14.4. The Labute approximate surface area is 180 Å². The number of carbonyl (C=O) groups excluding carboxylic acids is 2. The molecule has 0 saturated carbocycles. The fourth-order valence-corrected chi connectivity index (χ4v) is 3.24. The molecule has 5 heteroatoms. The lowest BCUT2D eigenvalue weighted by molar-refractivity contribution is -0.140. The van der Waals surface area contributed by atoms with Gasteiger partial charge in [-0.25, -0.2) is 0 Å². The summed E-state index contributed by atoms with van der Waals surface area (Å²) >= 11 is 0. The molecular formula is C25H34N2O3. The van der Waals surface area contributed by atoms with Gasteiger partial charge in [-0.2, -0.15) is 0 Å². The van der Waals surface area contributed by atoms with Crippen LogP contribution in [0.5, 0.6) is 5.75 Å². The highest BCUT2D eigenvalue weighted by Crippen LogP contribution is 2.17. The SMILES string of the molecule is CCCCNC(=O)[C@@H](C)N(Cc1cccc(OC)c1)C(=O)CCc1ccc(C)cc1. The van der Waals surface area contributed by atoms with E-state index in [1.165, 1.54) is 5.56 Å². The van der Waals surface area contributed by atoms with Gasteiger partial charge in [0.1, 0.15) is 11.8 Å². The van der Waals surface area contributed by atoms with E-state index in [0.717, 1.165) is 29.7 Å². The molecule has 30 heavy (non-hydrogen) atoms. The van der Waals surface area contributed by atoms with Gasteiger partial charge in [0.05, 0.1) is 7.11 Å². The van der Waals surface area contributed by atoms with E-state index < -0.39 is 6.04 Å². The Morgan fingerprint density at radius 1 is 1.10 bits per heavy atom. The van der Waals surface area contributed by atoms with Gasteiger partial charge in [0.2, 0.25) is 11.8 Å². The third-order valence-corrected chi connectivity index (χ3v) is 5.23. The maximum atomic E-state index is 13.1. The summed E-state index contributed by atoms with van der Waals surface area (Å²) in [4.78, 5) is 27.5. The van der Waals surface area contributed by atoms with E-state index in [-0.39, 0.29) is 11.8 Å². The number of hydrogen-bond acceptors (Lipinski definition) is 3. The summed E-state index contributed by atoms with van der Waals surface area (Å²) < 4.78 is 5.30. The zero-order chi connectivity index (χ0) is 21.9. The molecule has 0 heterocycles. The Hall–Kier alpha value is -2.82. The van der Waals surface area contributed by atoms with Crippen molar-refractivity contribution in [3.8, 4) is 5.75 Å². The Bertz CT molecular complexity index is 817. The molecule has 0 saturated heterocycles. The van der Waals surface area contributed by atoms with E-state index in [0.29, 0.717) is 25.9 Å². The molecule has 0 aliphatic carbocycles.